The fourth-order valence-electron chi connectivity index (χ4n) is 2.29. The van der Waals surface area contributed by atoms with Crippen molar-refractivity contribution >= 4 is 18.2 Å². The van der Waals surface area contributed by atoms with Gasteiger partial charge in [-0.05, 0) is 32.9 Å². The molecule has 0 spiro atoms. The highest BCUT2D eigenvalue weighted by atomic mass is 19.1. The summed E-state index contributed by atoms with van der Waals surface area (Å²) in [5.41, 5.74) is -0.307. The molecule has 1 heterocycles. The van der Waals surface area contributed by atoms with Gasteiger partial charge in [0.25, 0.3) is 0 Å². The highest BCUT2D eigenvalue weighted by Crippen LogP contribution is 2.30. The van der Waals surface area contributed by atoms with E-state index < -0.39 is 17.5 Å². The number of para-hydroxylation sites is 1. The number of ether oxygens (including phenoxy) is 2. The van der Waals surface area contributed by atoms with Crippen LogP contribution in [0.4, 0.5) is 14.9 Å². The monoisotopic (exact) mass is 324 g/mol. The Kier molecular flexibility index (Phi) is 5.08. The zero-order chi connectivity index (χ0) is 17.0. The van der Waals surface area contributed by atoms with E-state index in [9.17, 15) is 14.0 Å². The van der Waals surface area contributed by atoms with Gasteiger partial charge < -0.3 is 19.7 Å². The van der Waals surface area contributed by atoms with Crippen molar-refractivity contribution in [1.82, 2.24) is 4.90 Å². The number of hydrogen-bond acceptors (Lipinski definition) is 4. The zero-order valence-electron chi connectivity index (χ0n) is 13.5. The second kappa shape index (κ2) is 6.85. The normalized spacial score (nSPS) is 17.7. The molecule has 6 nitrogen and oxygen atoms in total. The van der Waals surface area contributed by atoms with Crippen LogP contribution in [0.2, 0.25) is 0 Å². The van der Waals surface area contributed by atoms with Crippen LogP contribution in [0.3, 0.4) is 0 Å². The van der Waals surface area contributed by atoms with Crippen molar-refractivity contribution in [3.8, 4) is 5.75 Å². The number of benzene rings is 1. The summed E-state index contributed by atoms with van der Waals surface area (Å²) in [6, 6.07) is 4.29. The molecule has 0 bridgehead atoms. The van der Waals surface area contributed by atoms with E-state index in [-0.39, 0.29) is 17.5 Å². The predicted octanol–water partition coefficient (Wildman–Crippen LogP) is 2.78. The zero-order valence-corrected chi connectivity index (χ0v) is 13.5. The summed E-state index contributed by atoms with van der Waals surface area (Å²) in [5, 5.41) is 2.41. The number of hydrogen-bond donors (Lipinski definition) is 1. The standard InChI is InChI=1S/C16H21FN2O4/c1-16(2,3)23-15(21)19-8-7-11(9-19)22-14-12(17)5-4-6-13(14)18-10-20/h4-6,10-11H,7-9H2,1-3H3,(H,18,20). The Morgan fingerprint density at radius 1 is 1.43 bits per heavy atom. The van der Waals surface area contributed by atoms with Crippen molar-refractivity contribution in [2.45, 2.75) is 38.9 Å². The second-order valence-electron chi connectivity index (χ2n) is 6.33. The summed E-state index contributed by atoms with van der Waals surface area (Å²) in [4.78, 5) is 24.1. The van der Waals surface area contributed by atoms with Gasteiger partial charge in [-0.1, -0.05) is 6.07 Å². The number of rotatable bonds is 4. The molecule has 1 fully saturated rings. The van der Waals surface area contributed by atoms with Gasteiger partial charge in [0.05, 0.1) is 12.2 Å². The Morgan fingerprint density at radius 2 is 2.17 bits per heavy atom. The number of nitrogens with one attached hydrogen (secondary N) is 1. The van der Waals surface area contributed by atoms with Crippen molar-refractivity contribution < 1.29 is 23.5 Å². The molecule has 1 N–H and O–H groups in total. The average molecular weight is 324 g/mol. The summed E-state index contributed by atoms with van der Waals surface area (Å²) >= 11 is 0. The molecule has 7 heteroatoms. The lowest BCUT2D eigenvalue weighted by Gasteiger charge is -2.24. The molecule has 1 aliphatic rings. The number of likely N-dealkylation sites (tertiary alicyclic amines) is 1. The molecule has 0 radical (unpaired) electrons. The number of nitrogens with zero attached hydrogens (tertiary/aromatic N) is 1. The fraction of sp³-hybridized carbons (Fsp3) is 0.500. The molecule has 126 valence electrons. The molecule has 1 aliphatic heterocycles. The predicted molar refractivity (Wildman–Crippen MR) is 82.9 cm³/mol. The van der Waals surface area contributed by atoms with Crippen LogP contribution in [0.1, 0.15) is 27.2 Å². The smallest absolute Gasteiger partial charge is 0.410 e. The van der Waals surface area contributed by atoms with Gasteiger partial charge in [-0.3, -0.25) is 4.79 Å². The van der Waals surface area contributed by atoms with Crippen LogP contribution < -0.4 is 10.1 Å². The van der Waals surface area contributed by atoms with Crippen LogP contribution in [0.5, 0.6) is 5.75 Å². The van der Waals surface area contributed by atoms with Crippen molar-refractivity contribution in [2.75, 3.05) is 18.4 Å². The van der Waals surface area contributed by atoms with Crippen LogP contribution in [0.25, 0.3) is 0 Å². The van der Waals surface area contributed by atoms with Gasteiger partial charge in [-0.15, -0.1) is 0 Å². The molecule has 1 unspecified atom stereocenters. The second-order valence-corrected chi connectivity index (χ2v) is 6.33. The summed E-state index contributed by atoms with van der Waals surface area (Å²) in [6.45, 7) is 6.18. The third kappa shape index (κ3) is 4.58. The first-order chi connectivity index (χ1) is 10.8. The van der Waals surface area contributed by atoms with E-state index in [1.165, 1.54) is 17.0 Å². The number of amides is 2. The highest BCUT2D eigenvalue weighted by Gasteiger charge is 2.31. The summed E-state index contributed by atoms with van der Waals surface area (Å²) in [7, 11) is 0. The van der Waals surface area contributed by atoms with Crippen LogP contribution in [0, 0.1) is 5.82 Å². The number of carbonyl (C=O) groups is 2. The highest BCUT2D eigenvalue weighted by molar-refractivity contribution is 5.75. The topological polar surface area (TPSA) is 67.9 Å². The molecule has 2 amide bonds. The third-order valence-electron chi connectivity index (χ3n) is 3.26. The van der Waals surface area contributed by atoms with Crippen LogP contribution in [0.15, 0.2) is 18.2 Å². The first-order valence-electron chi connectivity index (χ1n) is 7.43. The molecule has 23 heavy (non-hydrogen) atoms. The molecule has 1 atom stereocenters. The van der Waals surface area contributed by atoms with Gasteiger partial charge >= 0.3 is 6.09 Å². The summed E-state index contributed by atoms with van der Waals surface area (Å²) in [5.74, 6) is -0.580. The minimum Gasteiger partial charge on any atom is -0.483 e. The first kappa shape index (κ1) is 17.1. The van der Waals surface area contributed by atoms with Crippen molar-refractivity contribution in [1.29, 1.82) is 0 Å². The quantitative estimate of drug-likeness (QED) is 0.865. The Balaban J connectivity index is 2.01. The molecule has 0 saturated carbocycles. The molecule has 0 aliphatic carbocycles. The van der Waals surface area contributed by atoms with E-state index in [4.69, 9.17) is 9.47 Å². The van der Waals surface area contributed by atoms with E-state index in [0.29, 0.717) is 25.9 Å². The minimum absolute atomic E-state index is 0.0179. The lowest BCUT2D eigenvalue weighted by molar-refractivity contribution is -0.105. The van der Waals surface area contributed by atoms with Crippen molar-refractivity contribution in [3.05, 3.63) is 24.0 Å². The molecule has 0 aromatic heterocycles. The van der Waals surface area contributed by atoms with Crippen LogP contribution in [-0.2, 0) is 9.53 Å². The minimum atomic E-state index is -0.567. The van der Waals surface area contributed by atoms with E-state index in [2.05, 4.69) is 5.32 Å². The third-order valence-corrected chi connectivity index (χ3v) is 3.26. The van der Waals surface area contributed by atoms with Gasteiger partial charge in [0, 0.05) is 13.0 Å². The molecule has 2 rings (SSSR count). The van der Waals surface area contributed by atoms with Crippen LogP contribution >= 0.6 is 0 Å². The Morgan fingerprint density at radius 3 is 2.83 bits per heavy atom. The molecule has 1 aromatic rings. The fourth-order valence-corrected chi connectivity index (χ4v) is 2.29. The van der Waals surface area contributed by atoms with Crippen molar-refractivity contribution in [2.24, 2.45) is 0 Å². The van der Waals surface area contributed by atoms with Gasteiger partial charge in [-0.2, -0.15) is 0 Å². The molecular weight excluding hydrogens is 303 g/mol. The maximum Gasteiger partial charge on any atom is 0.410 e. The largest absolute Gasteiger partial charge is 0.483 e. The van der Waals surface area contributed by atoms with Gasteiger partial charge in [-0.25, -0.2) is 9.18 Å². The summed E-state index contributed by atoms with van der Waals surface area (Å²) < 4.78 is 24.9. The van der Waals surface area contributed by atoms with E-state index in [1.54, 1.807) is 26.8 Å². The molecule has 1 saturated heterocycles. The number of anilines is 1. The lowest BCUT2D eigenvalue weighted by Crippen LogP contribution is -2.36. The van der Waals surface area contributed by atoms with E-state index in [1.807, 2.05) is 0 Å². The van der Waals surface area contributed by atoms with Crippen LogP contribution in [-0.4, -0.2) is 42.2 Å². The Bertz CT molecular complexity index is 586. The maximum atomic E-state index is 13.9. The SMILES string of the molecule is CC(C)(C)OC(=O)N1CCC(Oc2c(F)cccc2NC=O)C1. The van der Waals surface area contributed by atoms with Crippen molar-refractivity contribution in [3.63, 3.8) is 0 Å². The Hall–Kier alpha value is -2.31. The maximum absolute atomic E-state index is 13.9. The first-order valence-corrected chi connectivity index (χ1v) is 7.43. The Labute approximate surface area is 134 Å². The molecule has 1 aromatic carbocycles. The molecular formula is C16H21FN2O4. The number of carbonyl (C=O) groups excluding carboxylic acids is 2. The van der Waals surface area contributed by atoms with Gasteiger partial charge in [0.1, 0.15) is 11.7 Å². The number of halogens is 1. The lowest BCUT2D eigenvalue weighted by atomic mass is 10.2. The average Bonchev–Trinajstić information content (AvgIpc) is 2.90. The van der Waals surface area contributed by atoms with E-state index >= 15 is 0 Å². The van der Waals surface area contributed by atoms with Gasteiger partial charge in [0.15, 0.2) is 11.6 Å². The van der Waals surface area contributed by atoms with Gasteiger partial charge in [0.2, 0.25) is 6.41 Å². The van der Waals surface area contributed by atoms with E-state index in [0.717, 1.165) is 0 Å². The summed E-state index contributed by atoms with van der Waals surface area (Å²) in [6.07, 6.45) is 0.257.